The van der Waals surface area contributed by atoms with Crippen LogP contribution in [0, 0.1) is 5.92 Å². The highest BCUT2D eigenvalue weighted by Crippen LogP contribution is 2.13. The molecule has 1 unspecified atom stereocenters. The van der Waals surface area contributed by atoms with Crippen LogP contribution in [-0.2, 0) is 9.53 Å². The summed E-state index contributed by atoms with van der Waals surface area (Å²) in [5.74, 6) is -0.148. The molecule has 6 heteroatoms. The molecule has 0 amide bonds. The molecule has 0 saturated heterocycles. The van der Waals surface area contributed by atoms with E-state index in [1.807, 2.05) is 20.8 Å². The number of carboxylic acids is 1. The molecule has 24 heavy (non-hydrogen) atoms. The number of hydrogen-bond acceptors (Lipinski definition) is 5. The molecule has 0 heterocycles. The van der Waals surface area contributed by atoms with Crippen LogP contribution in [0.25, 0.3) is 0 Å². The molecule has 1 rings (SSSR count). The van der Waals surface area contributed by atoms with Gasteiger partial charge in [0.25, 0.3) is 0 Å². The number of aliphatic carboxylic acids is 1. The van der Waals surface area contributed by atoms with Gasteiger partial charge >= 0.3 is 11.9 Å². The summed E-state index contributed by atoms with van der Waals surface area (Å²) in [6, 6.07) is 6.67. The van der Waals surface area contributed by atoms with E-state index < -0.39 is 12.1 Å². The third-order valence-corrected chi connectivity index (χ3v) is 2.86. The van der Waals surface area contributed by atoms with E-state index in [1.165, 1.54) is 0 Å². The molecule has 2 N–H and O–H groups in total. The zero-order valence-electron chi connectivity index (χ0n) is 14.8. The van der Waals surface area contributed by atoms with Crippen molar-refractivity contribution in [2.24, 2.45) is 5.92 Å². The first-order valence-corrected chi connectivity index (χ1v) is 8.09. The molecule has 1 aromatic carbocycles. The number of carbonyl (C=O) groups excluding carboxylic acids is 1. The fraction of sp³-hybridized carbons (Fsp3) is 0.556. The summed E-state index contributed by atoms with van der Waals surface area (Å²) in [6.07, 6.45) is 0.473. The van der Waals surface area contributed by atoms with Gasteiger partial charge in [-0.1, -0.05) is 20.8 Å². The largest absolute Gasteiger partial charge is 0.491 e. The normalized spacial score (nSPS) is 11.2. The monoisotopic (exact) mass is 340 g/mol. The van der Waals surface area contributed by atoms with E-state index in [-0.39, 0.29) is 24.9 Å². The summed E-state index contributed by atoms with van der Waals surface area (Å²) in [5, 5.41) is 17.4. The standard InChI is InChI=1S/C13H18O4.C5H10O2/c1-3-11(14)9-17-12-7-5-10(6-8-12)13(15)16-4-2;1-4(2)3-5(6)7/h5-8,11,14H,3-4,9H2,1-2H3;4H,3H2,1-2H3,(H,6,7). The molecule has 0 bridgehead atoms. The maximum absolute atomic E-state index is 11.4. The van der Waals surface area contributed by atoms with Gasteiger partial charge < -0.3 is 19.7 Å². The van der Waals surface area contributed by atoms with Gasteiger partial charge in [-0.15, -0.1) is 0 Å². The van der Waals surface area contributed by atoms with E-state index >= 15 is 0 Å². The molecule has 1 aromatic rings. The Balaban J connectivity index is 0.000000640. The highest BCUT2D eigenvalue weighted by atomic mass is 16.5. The molecule has 0 aromatic heterocycles. The van der Waals surface area contributed by atoms with E-state index in [4.69, 9.17) is 14.6 Å². The van der Waals surface area contributed by atoms with Crippen LogP contribution in [0.15, 0.2) is 24.3 Å². The smallest absolute Gasteiger partial charge is 0.338 e. The highest BCUT2D eigenvalue weighted by molar-refractivity contribution is 5.89. The maximum atomic E-state index is 11.4. The van der Waals surface area contributed by atoms with Gasteiger partial charge in [0.15, 0.2) is 0 Å². The van der Waals surface area contributed by atoms with Gasteiger partial charge in [-0.05, 0) is 43.5 Å². The van der Waals surface area contributed by atoms with E-state index in [0.717, 1.165) is 0 Å². The molecule has 6 nitrogen and oxygen atoms in total. The quantitative estimate of drug-likeness (QED) is 0.706. The Kier molecular flexibility index (Phi) is 11.3. The lowest BCUT2D eigenvalue weighted by molar-refractivity contribution is -0.137. The highest BCUT2D eigenvalue weighted by Gasteiger charge is 2.06. The van der Waals surface area contributed by atoms with Crippen LogP contribution in [-0.4, -0.2) is 41.5 Å². The fourth-order valence-corrected chi connectivity index (χ4v) is 1.56. The van der Waals surface area contributed by atoms with Crippen LogP contribution < -0.4 is 4.74 Å². The summed E-state index contributed by atoms with van der Waals surface area (Å²) in [4.78, 5) is 21.2. The predicted octanol–water partition coefficient (Wildman–Crippen LogP) is 3.13. The van der Waals surface area contributed by atoms with E-state index in [2.05, 4.69) is 0 Å². The second-order valence-electron chi connectivity index (χ2n) is 5.61. The van der Waals surface area contributed by atoms with Crippen LogP contribution in [0.5, 0.6) is 5.75 Å². The van der Waals surface area contributed by atoms with Gasteiger partial charge in [0.2, 0.25) is 0 Å². The number of hydrogen-bond donors (Lipinski definition) is 2. The van der Waals surface area contributed by atoms with Crippen molar-refractivity contribution in [1.29, 1.82) is 0 Å². The van der Waals surface area contributed by atoms with Gasteiger partial charge in [0.05, 0.1) is 18.3 Å². The Morgan fingerprint density at radius 2 is 1.71 bits per heavy atom. The summed E-state index contributed by atoms with van der Waals surface area (Å²) in [7, 11) is 0. The van der Waals surface area contributed by atoms with Crippen LogP contribution in [0.2, 0.25) is 0 Å². The van der Waals surface area contributed by atoms with E-state index in [9.17, 15) is 14.7 Å². The van der Waals surface area contributed by atoms with Crippen molar-refractivity contribution < 1.29 is 29.3 Å². The topological polar surface area (TPSA) is 93.1 Å². The zero-order valence-corrected chi connectivity index (χ0v) is 14.8. The van der Waals surface area contributed by atoms with Crippen molar-refractivity contribution in [1.82, 2.24) is 0 Å². The first kappa shape index (κ1) is 21.9. The van der Waals surface area contributed by atoms with Crippen molar-refractivity contribution in [2.45, 2.75) is 46.6 Å². The molecule has 0 aliphatic rings. The molecule has 0 spiro atoms. The molecule has 0 radical (unpaired) electrons. The average Bonchev–Trinajstić information content (AvgIpc) is 2.52. The van der Waals surface area contributed by atoms with Crippen LogP contribution in [0.3, 0.4) is 0 Å². The summed E-state index contributed by atoms with van der Waals surface area (Å²) in [5.41, 5.74) is 0.496. The molecule has 0 fully saturated rings. The Bertz CT molecular complexity index is 481. The number of benzene rings is 1. The third kappa shape index (κ3) is 10.6. The number of esters is 1. The number of rotatable bonds is 8. The molecular weight excluding hydrogens is 312 g/mol. The van der Waals surface area contributed by atoms with Crippen molar-refractivity contribution >= 4 is 11.9 Å². The van der Waals surface area contributed by atoms with Crippen molar-refractivity contribution in [3.8, 4) is 5.75 Å². The Morgan fingerprint density at radius 1 is 1.12 bits per heavy atom. The van der Waals surface area contributed by atoms with Crippen molar-refractivity contribution in [2.75, 3.05) is 13.2 Å². The second kappa shape index (κ2) is 12.4. The van der Waals surface area contributed by atoms with Crippen LogP contribution in [0.4, 0.5) is 0 Å². The van der Waals surface area contributed by atoms with Gasteiger partial charge in [0, 0.05) is 6.42 Å². The first-order chi connectivity index (χ1) is 11.3. The zero-order chi connectivity index (χ0) is 18.5. The number of ether oxygens (including phenoxy) is 2. The van der Waals surface area contributed by atoms with Crippen molar-refractivity contribution in [3.63, 3.8) is 0 Å². The molecule has 1 atom stereocenters. The van der Waals surface area contributed by atoms with Gasteiger partial charge in [-0.25, -0.2) is 4.79 Å². The minimum absolute atomic E-state index is 0.259. The predicted molar refractivity (Wildman–Crippen MR) is 91.3 cm³/mol. The number of aliphatic hydroxyl groups excluding tert-OH is 1. The average molecular weight is 340 g/mol. The number of carboxylic acid groups (broad SMARTS) is 1. The number of aliphatic hydroxyl groups is 1. The van der Waals surface area contributed by atoms with Crippen molar-refractivity contribution in [3.05, 3.63) is 29.8 Å². The second-order valence-corrected chi connectivity index (χ2v) is 5.61. The number of carbonyl (C=O) groups is 2. The summed E-state index contributed by atoms with van der Waals surface area (Å²) < 4.78 is 10.2. The molecule has 0 aliphatic carbocycles. The Hall–Kier alpha value is -2.08. The van der Waals surface area contributed by atoms with E-state index in [1.54, 1.807) is 31.2 Å². The molecule has 0 saturated carbocycles. The summed E-state index contributed by atoms with van der Waals surface area (Å²) >= 11 is 0. The van der Waals surface area contributed by atoms with Gasteiger partial charge in [-0.3, -0.25) is 4.79 Å². The van der Waals surface area contributed by atoms with Gasteiger partial charge in [0.1, 0.15) is 12.4 Å². The van der Waals surface area contributed by atoms with E-state index in [0.29, 0.717) is 24.3 Å². The summed E-state index contributed by atoms with van der Waals surface area (Å²) in [6.45, 7) is 8.04. The lowest BCUT2D eigenvalue weighted by Crippen LogP contribution is -2.16. The molecule has 0 aliphatic heterocycles. The molecular formula is C18H28O6. The fourth-order valence-electron chi connectivity index (χ4n) is 1.56. The lowest BCUT2D eigenvalue weighted by atomic mass is 10.1. The molecule has 136 valence electrons. The minimum atomic E-state index is -0.713. The third-order valence-electron chi connectivity index (χ3n) is 2.86. The Morgan fingerprint density at radius 3 is 2.08 bits per heavy atom. The SMILES string of the molecule is CC(C)CC(=O)O.CCOC(=O)c1ccc(OCC(O)CC)cc1. The van der Waals surface area contributed by atoms with Crippen LogP contribution >= 0.6 is 0 Å². The maximum Gasteiger partial charge on any atom is 0.338 e. The Labute approximate surface area is 143 Å². The lowest BCUT2D eigenvalue weighted by Gasteiger charge is -2.10. The van der Waals surface area contributed by atoms with Crippen LogP contribution in [0.1, 0.15) is 50.9 Å². The first-order valence-electron chi connectivity index (χ1n) is 8.09. The van der Waals surface area contributed by atoms with Gasteiger partial charge in [-0.2, -0.15) is 0 Å². The minimum Gasteiger partial charge on any atom is -0.491 e.